The molecule has 0 aromatic heterocycles. The Bertz CT molecular complexity index is 504. The lowest BCUT2D eigenvalue weighted by Crippen LogP contribution is -2.37. The minimum Gasteiger partial charge on any atom is -0.341 e. The predicted molar refractivity (Wildman–Crippen MR) is 78.8 cm³/mol. The van der Waals surface area contributed by atoms with Crippen LogP contribution in [0.3, 0.4) is 0 Å². The first-order valence-electron chi connectivity index (χ1n) is 6.94. The molecule has 0 radical (unpaired) electrons. The third-order valence-electron chi connectivity index (χ3n) is 3.51. The van der Waals surface area contributed by atoms with Gasteiger partial charge < -0.3 is 9.80 Å². The van der Waals surface area contributed by atoms with Crippen molar-refractivity contribution in [3.63, 3.8) is 0 Å². The van der Waals surface area contributed by atoms with Crippen LogP contribution in [0.5, 0.6) is 0 Å². The van der Waals surface area contributed by atoms with Crippen molar-refractivity contribution in [2.24, 2.45) is 0 Å². The first-order chi connectivity index (χ1) is 9.61. The lowest BCUT2D eigenvalue weighted by molar-refractivity contribution is -0.130. The fraction of sp³-hybridized carbons (Fsp3) is 0.467. The van der Waals surface area contributed by atoms with E-state index in [0.29, 0.717) is 36.6 Å². The van der Waals surface area contributed by atoms with Gasteiger partial charge in [-0.15, -0.1) is 0 Å². The quantitative estimate of drug-likeness (QED) is 0.840. The third-order valence-corrected chi connectivity index (χ3v) is 3.74. The van der Waals surface area contributed by atoms with Crippen LogP contribution in [0.4, 0.5) is 0 Å². The standard InChI is InChI=1S/C15H19ClN2O2/c1-2-14(19)17-7-4-8-18(10-9-17)15(20)12-5-3-6-13(16)11-12/h3,5-6,11H,2,4,7-10H2,1H3. The zero-order chi connectivity index (χ0) is 14.5. The van der Waals surface area contributed by atoms with E-state index in [1.54, 1.807) is 29.2 Å². The van der Waals surface area contributed by atoms with Gasteiger partial charge in [0.25, 0.3) is 5.91 Å². The van der Waals surface area contributed by atoms with Crippen LogP contribution in [0.25, 0.3) is 0 Å². The summed E-state index contributed by atoms with van der Waals surface area (Å²) in [5.41, 5.74) is 0.604. The largest absolute Gasteiger partial charge is 0.341 e. The lowest BCUT2D eigenvalue weighted by Gasteiger charge is -2.22. The van der Waals surface area contributed by atoms with E-state index < -0.39 is 0 Å². The molecule has 1 fully saturated rings. The minimum absolute atomic E-state index is 0.0155. The Labute approximate surface area is 124 Å². The molecule has 5 heteroatoms. The summed E-state index contributed by atoms with van der Waals surface area (Å²) in [6.07, 6.45) is 1.33. The maximum absolute atomic E-state index is 12.4. The summed E-state index contributed by atoms with van der Waals surface area (Å²) in [5, 5.41) is 0.563. The summed E-state index contributed by atoms with van der Waals surface area (Å²) in [6, 6.07) is 6.99. The molecule has 2 amide bonds. The van der Waals surface area contributed by atoms with Gasteiger partial charge in [0.1, 0.15) is 0 Å². The van der Waals surface area contributed by atoms with Crippen LogP contribution in [0.1, 0.15) is 30.1 Å². The van der Waals surface area contributed by atoms with Crippen LogP contribution >= 0.6 is 11.6 Å². The second-order valence-electron chi connectivity index (χ2n) is 4.89. The van der Waals surface area contributed by atoms with Crippen LogP contribution in [0, 0.1) is 0 Å². The zero-order valence-electron chi connectivity index (χ0n) is 11.6. The monoisotopic (exact) mass is 294 g/mol. The summed E-state index contributed by atoms with van der Waals surface area (Å²) in [4.78, 5) is 27.8. The molecule has 1 aromatic carbocycles. The molecule has 0 atom stereocenters. The van der Waals surface area contributed by atoms with Crippen LogP contribution in [0.15, 0.2) is 24.3 Å². The molecule has 0 aliphatic carbocycles. The molecule has 0 spiro atoms. The third kappa shape index (κ3) is 3.51. The molecular weight excluding hydrogens is 276 g/mol. The van der Waals surface area contributed by atoms with Gasteiger partial charge >= 0.3 is 0 Å². The minimum atomic E-state index is -0.0155. The van der Waals surface area contributed by atoms with Gasteiger partial charge in [0, 0.05) is 43.2 Å². The highest BCUT2D eigenvalue weighted by molar-refractivity contribution is 6.30. The molecule has 0 bridgehead atoms. The topological polar surface area (TPSA) is 40.6 Å². The van der Waals surface area contributed by atoms with Crippen molar-refractivity contribution < 1.29 is 9.59 Å². The van der Waals surface area contributed by atoms with Gasteiger partial charge in [-0.3, -0.25) is 9.59 Å². The second kappa shape index (κ2) is 6.75. The molecule has 1 aliphatic rings. The number of carbonyl (C=O) groups is 2. The Morgan fingerprint density at radius 3 is 2.55 bits per heavy atom. The molecule has 1 aliphatic heterocycles. The van der Waals surface area contributed by atoms with Crippen molar-refractivity contribution in [2.75, 3.05) is 26.2 Å². The summed E-state index contributed by atoms with van der Waals surface area (Å²) in [6.45, 7) is 4.46. The summed E-state index contributed by atoms with van der Waals surface area (Å²) < 4.78 is 0. The maximum Gasteiger partial charge on any atom is 0.253 e. The van der Waals surface area contributed by atoms with Crippen LogP contribution in [0.2, 0.25) is 5.02 Å². The van der Waals surface area contributed by atoms with Gasteiger partial charge in [-0.05, 0) is 24.6 Å². The van der Waals surface area contributed by atoms with Gasteiger partial charge in [0.15, 0.2) is 0 Å². The van der Waals surface area contributed by atoms with E-state index in [-0.39, 0.29) is 11.8 Å². The Hall–Kier alpha value is -1.55. The van der Waals surface area contributed by atoms with E-state index in [4.69, 9.17) is 11.6 Å². The zero-order valence-corrected chi connectivity index (χ0v) is 12.4. The fourth-order valence-corrected chi connectivity index (χ4v) is 2.59. The Balaban J connectivity index is 2.03. The van der Waals surface area contributed by atoms with Crippen LogP contribution < -0.4 is 0 Å². The normalized spacial score (nSPS) is 15.9. The van der Waals surface area contributed by atoms with Gasteiger partial charge in [0.05, 0.1) is 0 Å². The van der Waals surface area contributed by atoms with Crippen molar-refractivity contribution >= 4 is 23.4 Å². The number of halogens is 1. The van der Waals surface area contributed by atoms with Crippen molar-refractivity contribution in [1.82, 2.24) is 9.80 Å². The van der Waals surface area contributed by atoms with Crippen LogP contribution in [-0.4, -0.2) is 47.8 Å². The van der Waals surface area contributed by atoms with Crippen molar-refractivity contribution in [3.8, 4) is 0 Å². The summed E-state index contributed by atoms with van der Waals surface area (Å²) >= 11 is 5.92. The number of benzene rings is 1. The highest BCUT2D eigenvalue weighted by atomic mass is 35.5. The molecule has 1 aromatic rings. The maximum atomic E-state index is 12.4. The van der Waals surface area contributed by atoms with Gasteiger partial charge in [-0.2, -0.15) is 0 Å². The van der Waals surface area contributed by atoms with E-state index in [1.807, 2.05) is 11.8 Å². The molecule has 108 valence electrons. The fourth-order valence-electron chi connectivity index (χ4n) is 2.40. The van der Waals surface area contributed by atoms with Crippen molar-refractivity contribution in [3.05, 3.63) is 34.9 Å². The first-order valence-corrected chi connectivity index (χ1v) is 7.32. The van der Waals surface area contributed by atoms with Gasteiger partial charge in [0.2, 0.25) is 5.91 Å². The molecule has 1 heterocycles. The van der Waals surface area contributed by atoms with E-state index in [0.717, 1.165) is 13.0 Å². The number of nitrogens with zero attached hydrogens (tertiary/aromatic N) is 2. The Morgan fingerprint density at radius 2 is 1.85 bits per heavy atom. The van der Waals surface area contributed by atoms with Crippen LogP contribution in [-0.2, 0) is 4.79 Å². The van der Waals surface area contributed by atoms with E-state index in [9.17, 15) is 9.59 Å². The Kier molecular flexibility index (Phi) is 5.01. The molecule has 4 nitrogen and oxygen atoms in total. The number of rotatable bonds is 2. The SMILES string of the molecule is CCC(=O)N1CCCN(C(=O)c2cccc(Cl)c2)CC1. The molecule has 0 saturated carbocycles. The second-order valence-corrected chi connectivity index (χ2v) is 5.33. The van der Waals surface area contributed by atoms with Crippen molar-refractivity contribution in [1.29, 1.82) is 0 Å². The number of amides is 2. The first kappa shape index (κ1) is 14.9. The van der Waals surface area contributed by atoms with E-state index >= 15 is 0 Å². The number of carbonyl (C=O) groups excluding carboxylic acids is 2. The molecule has 1 saturated heterocycles. The lowest BCUT2D eigenvalue weighted by atomic mass is 10.2. The number of hydrogen-bond acceptors (Lipinski definition) is 2. The van der Waals surface area contributed by atoms with Crippen molar-refractivity contribution in [2.45, 2.75) is 19.8 Å². The van der Waals surface area contributed by atoms with Gasteiger partial charge in [-0.25, -0.2) is 0 Å². The molecule has 20 heavy (non-hydrogen) atoms. The highest BCUT2D eigenvalue weighted by Crippen LogP contribution is 2.14. The predicted octanol–water partition coefficient (Wildman–Crippen LogP) is 2.42. The average molecular weight is 295 g/mol. The summed E-state index contributed by atoms with van der Waals surface area (Å²) in [7, 11) is 0. The molecule has 0 N–H and O–H groups in total. The number of hydrogen-bond donors (Lipinski definition) is 0. The molecule has 0 unspecified atom stereocenters. The molecular formula is C15H19ClN2O2. The van der Waals surface area contributed by atoms with E-state index in [2.05, 4.69) is 0 Å². The highest BCUT2D eigenvalue weighted by Gasteiger charge is 2.22. The molecule has 2 rings (SSSR count). The Morgan fingerprint density at radius 1 is 1.15 bits per heavy atom. The van der Waals surface area contributed by atoms with E-state index in [1.165, 1.54) is 0 Å². The van der Waals surface area contributed by atoms with Gasteiger partial charge in [-0.1, -0.05) is 24.6 Å². The summed E-state index contributed by atoms with van der Waals surface area (Å²) in [5.74, 6) is 0.139. The smallest absolute Gasteiger partial charge is 0.253 e. The average Bonchev–Trinajstić information content (AvgIpc) is 2.71.